The first-order chi connectivity index (χ1) is 23.5. The molecule has 0 fully saturated rings. The summed E-state index contributed by atoms with van der Waals surface area (Å²) in [5.74, 6) is -1.24. The molecule has 4 amide bonds. The fourth-order valence-corrected chi connectivity index (χ4v) is 4.84. The van der Waals surface area contributed by atoms with E-state index in [0.717, 1.165) is 11.1 Å². The summed E-state index contributed by atoms with van der Waals surface area (Å²) in [6, 6.07) is 35.1. The predicted octanol–water partition coefficient (Wildman–Crippen LogP) is 3.33. The summed E-state index contributed by atoms with van der Waals surface area (Å²) < 4.78 is 11.2. The summed E-state index contributed by atoms with van der Waals surface area (Å²) in [7, 11) is 0. The maximum Gasteiger partial charge on any atom is 0.251 e. The van der Waals surface area contributed by atoms with Gasteiger partial charge in [0, 0.05) is 37.1 Å². The number of hydrogen-bond donors (Lipinski definition) is 4. The van der Waals surface area contributed by atoms with Gasteiger partial charge in [0.25, 0.3) is 11.8 Å². The Morgan fingerprint density at radius 3 is 1.15 bits per heavy atom. The van der Waals surface area contributed by atoms with Crippen LogP contribution in [0.2, 0.25) is 0 Å². The molecule has 10 heteroatoms. The van der Waals surface area contributed by atoms with Crippen molar-refractivity contribution in [1.82, 2.24) is 21.3 Å². The molecule has 0 aliphatic rings. The van der Waals surface area contributed by atoms with Crippen molar-refractivity contribution in [2.75, 3.05) is 39.5 Å². The lowest BCUT2D eigenvalue weighted by molar-refractivity contribution is -0.124. The quantitative estimate of drug-likeness (QED) is 0.115. The van der Waals surface area contributed by atoms with Gasteiger partial charge in [0.15, 0.2) is 0 Å². The molecule has 2 atom stereocenters. The molecular weight excluding hydrogens is 608 g/mol. The molecular formula is C38H42N4O6. The molecule has 0 saturated carbocycles. The van der Waals surface area contributed by atoms with Crippen molar-refractivity contribution in [3.8, 4) is 0 Å². The number of ether oxygens (including phenoxy) is 2. The minimum atomic E-state index is -0.752. The van der Waals surface area contributed by atoms with Crippen LogP contribution >= 0.6 is 0 Å². The Balaban J connectivity index is 1.13. The Hall–Kier alpha value is -5.32. The van der Waals surface area contributed by atoms with Gasteiger partial charge in [-0.3, -0.25) is 19.2 Å². The minimum absolute atomic E-state index is 0.263. The van der Waals surface area contributed by atoms with Gasteiger partial charge in [0.1, 0.15) is 12.1 Å². The number of rotatable bonds is 19. The molecule has 0 spiro atoms. The maximum absolute atomic E-state index is 13.0. The zero-order valence-electron chi connectivity index (χ0n) is 26.8. The van der Waals surface area contributed by atoms with Gasteiger partial charge in [0.2, 0.25) is 11.8 Å². The van der Waals surface area contributed by atoms with Gasteiger partial charge in [-0.2, -0.15) is 0 Å². The molecule has 250 valence electrons. The molecule has 4 aromatic rings. The minimum Gasteiger partial charge on any atom is -0.377 e. The Morgan fingerprint density at radius 2 is 0.792 bits per heavy atom. The van der Waals surface area contributed by atoms with Gasteiger partial charge in [-0.25, -0.2) is 0 Å². The average molecular weight is 651 g/mol. The fourth-order valence-electron chi connectivity index (χ4n) is 4.84. The van der Waals surface area contributed by atoms with Crippen LogP contribution in [-0.2, 0) is 31.9 Å². The molecule has 0 saturated heterocycles. The highest BCUT2D eigenvalue weighted by Gasteiger charge is 2.23. The van der Waals surface area contributed by atoms with Crippen LogP contribution in [0.15, 0.2) is 121 Å². The van der Waals surface area contributed by atoms with E-state index in [0.29, 0.717) is 37.2 Å². The van der Waals surface area contributed by atoms with Gasteiger partial charge in [-0.1, -0.05) is 97.1 Å². The summed E-state index contributed by atoms with van der Waals surface area (Å²) in [6.45, 7) is 1.65. The number of hydrogen-bond acceptors (Lipinski definition) is 6. The third kappa shape index (κ3) is 12.5. The highest BCUT2D eigenvalue weighted by molar-refractivity contribution is 5.98. The Kier molecular flexibility index (Phi) is 14.8. The molecule has 0 heterocycles. The van der Waals surface area contributed by atoms with Crippen LogP contribution in [0.1, 0.15) is 31.8 Å². The average Bonchev–Trinajstić information content (AvgIpc) is 3.13. The molecule has 0 radical (unpaired) electrons. The molecule has 4 rings (SSSR count). The van der Waals surface area contributed by atoms with Crippen LogP contribution in [0.25, 0.3) is 0 Å². The summed E-state index contributed by atoms with van der Waals surface area (Å²) in [5, 5.41) is 11.4. The molecule has 0 aliphatic heterocycles. The van der Waals surface area contributed by atoms with Crippen LogP contribution in [0.5, 0.6) is 0 Å². The zero-order valence-corrected chi connectivity index (χ0v) is 26.8. The largest absolute Gasteiger partial charge is 0.377 e. The number of nitrogens with one attached hydrogen (secondary N) is 4. The molecule has 0 aliphatic carbocycles. The van der Waals surface area contributed by atoms with Crippen molar-refractivity contribution in [2.45, 2.75) is 24.9 Å². The van der Waals surface area contributed by atoms with E-state index < -0.39 is 12.1 Å². The lowest BCUT2D eigenvalue weighted by atomic mass is 10.0. The molecule has 10 nitrogen and oxygen atoms in total. The van der Waals surface area contributed by atoms with E-state index in [4.69, 9.17) is 9.47 Å². The van der Waals surface area contributed by atoms with Crippen molar-refractivity contribution in [1.29, 1.82) is 0 Å². The maximum atomic E-state index is 13.0. The van der Waals surface area contributed by atoms with Gasteiger partial charge >= 0.3 is 0 Å². The van der Waals surface area contributed by atoms with Crippen LogP contribution in [-0.4, -0.2) is 75.2 Å². The van der Waals surface area contributed by atoms with Crippen LogP contribution in [0.3, 0.4) is 0 Å². The number of benzene rings is 4. The lowest BCUT2D eigenvalue weighted by Gasteiger charge is -2.19. The van der Waals surface area contributed by atoms with Crippen LogP contribution in [0, 0.1) is 0 Å². The second kappa shape index (κ2) is 20.0. The standard InChI is InChI=1S/C38H42N4O6/c43-35(31-17-9-3-10-18-31)41-33(27-29-13-5-1-6-14-29)37(45)39-21-23-47-25-26-48-24-22-40-38(46)34(28-30-15-7-2-8-16-30)42-36(44)32-19-11-4-12-20-32/h1-20,33-34H,21-28H2,(H,39,45)(H,40,46)(H,41,43)(H,42,44)/t33-,34-/m1/s1. The van der Waals surface area contributed by atoms with Crippen molar-refractivity contribution in [3.05, 3.63) is 144 Å². The molecule has 48 heavy (non-hydrogen) atoms. The van der Waals surface area contributed by atoms with Gasteiger partial charge in [-0.15, -0.1) is 0 Å². The Labute approximate surface area is 281 Å². The third-order valence-corrected chi connectivity index (χ3v) is 7.34. The fraction of sp³-hybridized carbons (Fsp3) is 0.263. The molecule has 0 aromatic heterocycles. The monoisotopic (exact) mass is 650 g/mol. The van der Waals surface area contributed by atoms with E-state index >= 15 is 0 Å². The summed E-state index contributed by atoms with van der Waals surface area (Å²) >= 11 is 0. The van der Waals surface area contributed by atoms with Crippen LogP contribution < -0.4 is 21.3 Å². The first kappa shape index (κ1) is 35.5. The van der Waals surface area contributed by atoms with Crippen molar-refractivity contribution in [2.24, 2.45) is 0 Å². The Morgan fingerprint density at radius 1 is 0.458 bits per heavy atom. The van der Waals surface area contributed by atoms with E-state index in [-0.39, 0.29) is 49.9 Å². The Bertz CT molecular complexity index is 1440. The normalized spacial score (nSPS) is 11.9. The second-order valence-electron chi connectivity index (χ2n) is 11.0. The summed E-state index contributed by atoms with van der Waals surface area (Å²) in [5.41, 5.74) is 2.82. The zero-order chi connectivity index (χ0) is 33.8. The SMILES string of the molecule is O=C(N[C@H](Cc1ccccc1)C(=O)NCCOCCOCCNC(=O)[C@@H](Cc1ccccc1)NC(=O)c1ccccc1)c1ccccc1. The second-order valence-corrected chi connectivity index (χ2v) is 11.0. The highest BCUT2D eigenvalue weighted by Crippen LogP contribution is 2.07. The lowest BCUT2D eigenvalue weighted by Crippen LogP contribution is -2.48. The van der Waals surface area contributed by atoms with Crippen molar-refractivity contribution in [3.63, 3.8) is 0 Å². The van der Waals surface area contributed by atoms with E-state index in [1.165, 1.54) is 0 Å². The number of carbonyl (C=O) groups is 4. The molecule has 4 N–H and O–H groups in total. The van der Waals surface area contributed by atoms with Crippen LogP contribution in [0.4, 0.5) is 0 Å². The van der Waals surface area contributed by atoms with E-state index in [1.54, 1.807) is 48.5 Å². The van der Waals surface area contributed by atoms with Gasteiger partial charge in [-0.05, 0) is 35.4 Å². The number of carbonyl (C=O) groups excluding carboxylic acids is 4. The van der Waals surface area contributed by atoms with Crippen molar-refractivity contribution >= 4 is 23.6 Å². The van der Waals surface area contributed by atoms with Gasteiger partial charge < -0.3 is 30.7 Å². The van der Waals surface area contributed by atoms with Gasteiger partial charge in [0.05, 0.1) is 26.4 Å². The van der Waals surface area contributed by atoms with E-state index in [1.807, 2.05) is 72.8 Å². The molecule has 4 aromatic carbocycles. The number of amides is 4. The summed E-state index contributed by atoms with van der Waals surface area (Å²) in [6.07, 6.45) is 0.700. The first-order valence-corrected chi connectivity index (χ1v) is 16.0. The molecule has 0 unspecified atom stereocenters. The highest BCUT2D eigenvalue weighted by atomic mass is 16.5. The van der Waals surface area contributed by atoms with E-state index in [9.17, 15) is 19.2 Å². The van der Waals surface area contributed by atoms with E-state index in [2.05, 4.69) is 21.3 Å². The molecule has 0 bridgehead atoms. The summed E-state index contributed by atoms with van der Waals surface area (Å²) in [4.78, 5) is 51.5. The van der Waals surface area contributed by atoms with Crippen molar-refractivity contribution < 1.29 is 28.7 Å². The predicted molar refractivity (Wildman–Crippen MR) is 183 cm³/mol. The first-order valence-electron chi connectivity index (χ1n) is 16.0. The third-order valence-electron chi connectivity index (χ3n) is 7.34. The smallest absolute Gasteiger partial charge is 0.251 e. The topological polar surface area (TPSA) is 135 Å².